The lowest BCUT2D eigenvalue weighted by molar-refractivity contribution is -0.384. The molecule has 0 N–H and O–H groups in total. The van der Waals surface area contributed by atoms with Gasteiger partial charge in [0.15, 0.2) is 5.78 Å². The smallest absolute Gasteiger partial charge is 0.270 e. The third-order valence-electron chi connectivity index (χ3n) is 3.14. The highest BCUT2D eigenvalue weighted by molar-refractivity contribution is 5.98. The Morgan fingerprint density at radius 1 is 1.24 bits per heavy atom. The molecule has 2 aromatic rings. The fraction of sp³-hybridized carbons (Fsp3) is 0.188. The molecule has 0 aliphatic rings. The number of nitrogens with zero attached hydrogens (tertiary/aromatic N) is 1. The van der Waals surface area contributed by atoms with Crippen LogP contribution in [-0.2, 0) is 6.42 Å². The lowest BCUT2D eigenvalue weighted by atomic mass is 10.0. The van der Waals surface area contributed by atoms with Crippen molar-refractivity contribution < 1.29 is 14.5 Å². The van der Waals surface area contributed by atoms with Crippen LogP contribution in [0.3, 0.4) is 0 Å². The third-order valence-corrected chi connectivity index (χ3v) is 3.14. The van der Waals surface area contributed by atoms with E-state index in [2.05, 4.69) is 0 Å². The van der Waals surface area contributed by atoms with Crippen molar-refractivity contribution in [1.29, 1.82) is 0 Å². The summed E-state index contributed by atoms with van der Waals surface area (Å²) in [5.41, 5.74) is 1.72. The van der Waals surface area contributed by atoms with Crippen LogP contribution in [0.25, 0.3) is 0 Å². The molecule has 0 aliphatic heterocycles. The molecule has 108 valence electrons. The summed E-state index contributed by atoms with van der Waals surface area (Å²) in [6, 6.07) is 11.6. The van der Waals surface area contributed by atoms with E-state index in [9.17, 15) is 14.9 Å². The van der Waals surface area contributed by atoms with E-state index < -0.39 is 4.92 Å². The number of carbonyl (C=O) groups is 1. The van der Waals surface area contributed by atoms with Crippen molar-refractivity contribution >= 4 is 11.5 Å². The predicted octanol–water partition coefficient (Wildman–Crippen LogP) is 3.34. The van der Waals surface area contributed by atoms with Crippen LogP contribution in [0.2, 0.25) is 0 Å². The molecule has 0 heterocycles. The number of carbonyl (C=O) groups excluding carboxylic acids is 1. The molecule has 0 saturated heterocycles. The summed E-state index contributed by atoms with van der Waals surface area (Å²) >= 11 is 0. The number of nitro groups is 1. The molecule has 0 fully saturated rings. The lowest BCUT2D eigenvalue weighted by Crippen LogP contribution is -2.06. The first-order chi connectivity index (χ1) is 10.0. The van der Waals surface area contributed by atoms with Crippen molar-refractivity contribution in [2.24, 2.45) is 0 Å². The molecular formula is C16H15NO4. The largest absolute Gasteiger partial charge is 0.496 e. The Bertz CT molecular complexity index is 694. The highest BCUT2D eigenvalue weighted by Crippen LogP contribution is 2.22. The number of benzene rings is 2. The number of Topliss-reactive ketones (excluding diaryl/α,β-unsaturated/α-hetero) is 1. The van der Waals surface area contributed by atoms with Gasteiger partial charge in [0.05, 0.1) is 12.0 Å². The van der Waals surface area contributed by atoms with E-state index in [-0.39, 0.29) is 17.9 Å². The number of ether oxygens (including phenoxy) is 1. The molecule has 0 bridgehead atoms. The number of methoxy groups -OCH3 is 1. The fourth-order valence-electron chi connectivity index (χ4n) is 2.15. The Kier molecular flexibility index (Phi) is 4.33. The average molecular weight is 285 g/mol. The Balaban J connectivity index is 2.30. The SMILES string of the molecule is COc1ccccc1CC(=O)c1cc(C)cc([N+](=O)[O-])c1. The summed E-state index contributed by atoms with van der Waals surface area (Å²) in [6.07, 6.45) is 0.143. The van der Waals surface area contributed by atoms with Crippen molar-refractivity contribution in [3.63, 3.8) is 0 Å². The number of hydrogen-bond donors (Lipinski definition) is 0. The Labute approximate surface area is 122 Å². The van der Waals surface area contributed by atoms with Crippen LogP contribution in [0.1, 0.15) is 21.5 Å². The second-order valence-corrected chi connectivity index (χ2v) is 4.73. The number of hydrogen-bond acceptors (Lipinski definition) is 4. The maximum Gasteiger partial charge on any atom is 0.270 e. The minimum atomic E-state index is -0.493. The molecule has 21 heavy (non-hydrogen) atoms. The van der Waals surface area contributed by atoms with Crippen LogP contribution in [0, 0.1) is 17.0 Å². The molecule has 0 saturated carbocycles. The van der Waals surface area contributed by atoms with Gasteiger partial charge in [0, 0.05) is 29.7 Å². The third kappa shape index (κ3) is 3.45. The van der Waals surface area contributed by atoms with Crippen LogP contribution in [0.5, 0.6) is 5.75 Å². The maximum atomic E-state index is 12.3. The number of ketones is 1. The minimum absolute atomic E-state index is 0.0709. The molecule has 0 aliphatic carbocycles. The molecule has 0 atom stereocenters. The van der Waals surface area contributed by atoms with Crippen molar-refractivity contribution in [3.8, 4) is 5.75 Å². The Morgan fingerprint density at radius 2 is 1.95 bits per heavy atom. The highest BCUT2D eigenvalue weighted by atomic mass is 16.6. The number of rotatable bonds is 5. The number of aryl methyl sites for hydroxylation is 1. The van der Waals surface area contributed by atoms with Gasteiger partial charge >= 0.3 is 0 Å². The second-order valence-electron chi connectivity index (χ2n) is 4.73. The van der Waals surface area contributed by atoms with Crippen molar-refractivity contribution in [2.45, 2.75) is 13.3 Å². The quantitative estimate of drug-likeness (QED) is 0.480. The first-order valence-electron chi connectivity index (χ1n) is 6.42. The van der Waals surface area contributed by atoms with Crippen molar-refractivity contribution in [1.82, 2.24) is 0 Å². The summed E-state index contributed by atoms with van der Waals surface area (Å²) in [5.74, 6) is 0.458. The maximum absolute atomic E-state index is 12.3. The van der Waals surface area contributed by atoms with Gasteiger partial charge in [-0.15, -0.1) is 0 Å². The standard InChI is InChI=1S/C16H15NO4/c1-11-7-13(9-14(8-11)17(19)20)15(18)10-12-5-3-4-6-16(12)21-2/h3-9H,10H2,1-2H3. The van der Waals surface area contributed by atoms with Crippen molar-refractivity contribution in [3.05, 3.63) is 69.3 Å². The normalized spacial score (nSPS) is 10.2. The number of non-ortho nitro benzene ring substituents is 1. The van der Waals surface area contributed by atoms with E-state index in [1.807, 2.05) is 12.1 Å². The first kappa shape index (κ1) is 14.7. The van der Waals surface area contributed by atoms with E-state index in [1.165, 1.54) is 12.1 Å². The van der Waals surface area contributed by atoms with Gasteiger partial charge in [-0.3, -0.25) is 14.9 Å². The first-order valence-corrected chi connectivity index (χ1v) is 6.42. The van der Waals surface area contributed by atoms with Gasteiger partial charge in [0.25, 0.3) is 5.69 Å². The monoisotopic (exact) mass is 285 g/mol. The molecule has 0 aromatic heterocycles. The molecule has 2 rings (SSSR count). The molecule has 0 spiro atoms. The zero-order chi connectivity index (χ0) is 15.4. The number of nitro benzene ring substituents is 1. The molecule has 0 amide bonds. The second kappa shape index (κ2) is 6.17. The van der Waals surface area contributed by atoms with E-state index >= 15 is 0 Å². The van der Waals surface area contributed by atoms with Crippen LogP contribution in [0.4, 0.5) is 5.69 Å². The zero-order valence-electron chi connectivity index (χ0n) is 11.8. The van der Waals surface area contributed by atoms with Crippen LogP contribution in [0.15, 0.2) is 42.5 Å². The zero-order valence-corrected chi connectivity index (χ0v) is 11.8. The molecule has 5 heteroatoms. The Morgan fingerprint density at radius 3 is 2.62 bits per heavy atom. The van der Waals surface area contributed by atoms with E-state index in [1.54, 1.807) is 32.2 Å². The van der Waals surface area contributed by atoms with Gasteiger partial charge in [0.1, 0.15) is 5.75 Å². The highest BCUT2D eigenvalue weighted by Gasteiger charge is 2.15. The summed E-state index contributed by atoms with van der Waals surface area (Å²) in [4.78, 5) is 22.7. The fourth-order valence-corrected chi connectivity index (χ4v) is 2.15. The topological polar surface area (TPSA) is 69.4 Å². The van der Waals surface area contributed by atoms with E-state index in [0.29, 0.717) is 16.9 Å². The van der Waals surface area contributed by atoms with Gasteiger partial charge < -0.3 is 4.74 Å². The molecular weight excluding hydrogens is 270 g/mol. The Hall–Kier alpha value is -2.69. The summed E-state index contributed by atoms with van der Waals surface area (Å²) in [5, 5.41) is 10.9. The van der Waals surface area contributed by atoms with Gasteiger partial charge in [-0.05, 0) is 24.6 Å². The van der Waals surface area contributed by atoms with Crippen LogP contribution >= 0.6 is 0 Å². The van der Waals surface area contributed by atoms with E-state index in [0.717, 1.165) is 5.56 Å². The molecule has 5 nitrogen and oxygen atoms in total. The molecule has 0 unspecified atom stereocenters. The summed E-state index contributed by atoms with van der Waals surface area (Å²) in [6.45, 7) is 1.73. The van der Waals surface area contributed by atoms with Gasteiger partial charge in [-0.1, -0.05) is 18.2 Å². The number of para-hydroxylation sites is 1. The van der Waals surface area contributed by atoms with Gasteiger partial charge in [0.2, 0.25) is 0 Å². The molecule has 0 radical (unpaired) electrons. The summed E-state index contributed by atoms with van der Waals surface area (Å²) < 4.78 is 5.21. The van der Waals surface area contributed by atoms with Crippen LogP contribution in [-0.4, -0.2) is 17.8 Å². The molecule has 2 aromatic carbocycles. The minimum Gasteiger partial charge on any atom is -0.496 e. The van der Waals surface area contributed by atoms with E-state index in [4.69, 9.17) is 4.74 Å². The summed E-state index contributed by atoms with van der Waals surface area (Å²) in [7, 11) is 1.54. The van der Waals surface area contributed by atoms with Crippen LogP contribution < -0.4 is 4.74 Å². The predicted molar refractivity (Wildman–Crippen MR) is 78.9 cm³/mol. The average Bonchev–Trinajstić information content (AvgIpc) is 2.47. The van der Waals surface area contributed by atoms with Crippen molar-refractivity contribution in [2.75, 3.05) is 7.11 Å². The van der Waals surface area contributed by atoms with Gasteiger partial charge in [-0.25, -0.2) is 0 Å². The van der Waals surface area contributed by atoms with Gasteiger partial charge in [-0.2, -0.15) is 0 Å². The lowest BCUT2D eigenvalue weighted by Gasteiger charge is -2.08.